The van der Waals surface area contributed by atoms with E-state index in [1.54, 1.807) is 12.1 Å². The quantitative estimate of drug-likeness (QED) is 0.865. The third-order valence-corrected chi connectivity index (χ3v) is 3.34. The van der Waals surface area contributed by atoms with Crippen molar-refractivity contribution in [3.05, 3.63) is 33.8 Å². The number of benzene rings is 1. The summed E-state index contributed by atoms with van der Waals surface area (Å²) in [6.45, 7) is 3.72. The lowest BCUT2D eigenvalue weighted by molar-refractivity contribution is -0.139. The van der Waals surface area contributed by atoms with Crippen LogP contribution in [0.1, 0.15) is 31.9 Å². The molecule has 2 atom stereocenters. The fourth-order valence-corrected chi connectivity index (χ4v) is 1.85. The van der Waals surface area contributed by atoms with Crippen LogP contribution in [0.5, 0.6) is 0 Å². The van der Waals surface area contributed by atoms with Gasteiger partial charge in [-0.05, 0) is 31.0 Å². The minimum absolute atomic E-state index is 0.0918. The maximum absolute atomic E-state index is 10.9. The Kier molecular flexibility index (Phi) is 5.25. The lowest BCUT2D eigenvalue weighted by Crippen LogP contribution is -2.37. The average molecular weight is 276 g/mol. The summed E-state index contributed by atoms with van der Waals surface area (Å²) in [4.78, 5) is 10.9. The first-order chi connectivity index (χ1) is 7.95. The van der Waals surface area contributed by atoms with Gasteiger partial charge in [-0.25, -0.2) is 0 Å². The summed E-state index contributed by atoms with van der Waals surface area (Å²) in [6.07, 6.45) is 0.529. The molecule has 1 aromatic rings. The van der Waals surface area contributed by atoms with E-state index in [-0.39, 0.29) is 6.04 Å². The predicted octanol–water partition coefficient (Wildman–Crippen LogP) is 3.51. The van der Waals surface area contributed by atoms with E-state index in [2.05, 4.69) is 5.32 Å². The molecule has 0 saturated heterocycles. The van der Waals surface area contributed by atoms with Crippen LogP contribution in [0.4, 0.5) is 0 Å². The lowest BCUT2D eigenvalue weighted by Gasteiger charge is -2.19. The molecule has 2 N–H and O–H groups in total. The van der Waals surface area contributed by atoms with Crippen LogP contribution in [0.15, 0.2) is 18.2 Å². The Morgan fingerprint density at radius 3 is 2.53 bits per heavy atom. The van der Waals surface area contributed by atoms with E-state index in [0.717, 1.165) is 5.56 Å². The summed E-state index contributed by atoms with van der Waals surface area (Å²) in [5.41, 5.74) is 0.916. The van der Waals surface area contributed by atoms with Gasteiger partial charge in [0.1, 0.15) is 6.04 Å². The summed E-state index contributed by atoms with van der Waals surface area (Å²) in [6, 6.07) is 4.64. The van der Waals surface area contributed by atoms with E-state index < -0.39 is 12.0 Å². The molecule has 0 aliphatic carbocycles. The second kappa shape index (κ2) is 6.24. The molecule has 2 unspecified atom stereocenters. The van der Waals surface area contributed by atoms with E-state index in [9.17, 15) is 4.79 Å². The van der Waals surface area contributed by atoms with Crippen molar-refractivity contribution in [3.63, 3.8) is 0 Å². The number of carboxylic acids is 1. The van der Waals surface area contributed by atoms with Gasteiger partial charge in [0.15, 0.2) is 0 Å². The number of hydrogen-bond donors (Lipinski definition) is 2. The fraction of sp³-hybridized carbons (Fsp3) is 0.417. The highest BCUT2D eigenvalue weighted by atomic mass is 35.5. The Balaban J connectivity index is 2.78. The maximum atomic E-state index is 10.9. The molecule has 0 fully saturated rings. The highest BCUT2D eigenvalue weighted by molar-refractivity contribution is 6.42. The van der Waals surface area contributed by atoms with E-state index in [1.807, 2.05) is 19.9 Å². The van der Waals surface area contributed by atoms with Crippen molar-refractivity contribution >= 4 is 29.2 Å². The van der Waals surface area contributed by atoms with E-state index in [1.165, 1.54) is 0 Å². The van der Waals surface area contributed by atoms with Crippen LogP contribution in [-0.2, 0) is 4.79 Å². The molecule has 17 heavy (non-hydrogen) atoms. The maximum Gasteiger partial charge on any atom is 0.320 e. The van der Waals surface area contributed by atoms with Crippen molar-refractivity contribution in [2.75, 3.05) is 0 Å². The van der Waals surface area contributed by atoms with Gasteiger partial charge in [0, 0.05) is 6.04 Å². The molecule has 0 bridgehead atoms. The van der Waals surface area contributed by atoms with Crippen LogP contribution in [0.2, 0.25) is 10.0 Å². The highest BCUT2D eigenvalue weighted by Gasteiger charge is 2.18. The number of aliphatic carboxylic acids is 1. The molecule has 0 heterocycles. The van der Waals surface area contributed by atoms with Crippen molar-refractivity contribution in [1.82, 2.24) is 5.32 Å². The second-order valence-corrected chi connectivity index (χ2v) is 4.68. The van der Waals surface area contributed by atoms with Gasteiger partial charge >= 0.3 is 5.97 Å². The third-order valence-electron chi connectivity index (χ3n) is 2.60. The van der Waals surface area contributed by atoms with Gasteiger partial charge in [-0.3, -0.25) is 10.1 Å². The Labute approximate surface area is 111 Å². The molecule has 94 valence electrons. The van der Waals surface area contributed by atoms with Crippen LogP contribution in [0.25, 0.3) is 0 Å². The third kappa shape index (κ3) is 3.87. The zero-order valence-corrected chi connectivity index (χ0v) is 11.2. The first-order valence-corrected chi connectivity index (χ1v) is 6.15. The SMILES string of the molecule is CCC(NC(C)c1ccc(Cl)c(Cl)c1)C(=O)O. The summed E-state index contributed by atoms with van der Waals surface area (Å²) in [7, 11) is 0. The smallest absolute Gasteiger partial charge is 0.320 e. The Bertz CT molecular complexity index is 409. The molecule has 0 radical (unpaired) electrons. The molecule has 3 nitrogen and oxygen atoms in total. The fourth-order valence-electron chi connectivity index (χ4n) is 1.54. The predicted molar refractivity (Wildman–Crippen MR) is 69.7 cm³/mol. The molecule has 0 aliphatic heterocycles. The average Bonchev–Trinajstić information content (AvgIpc) is 2.28. The molecule has 5 heteroatoms. The molecule has 0 aromatic heterocycles. The van der Waals surface area contributed by atoms with Crippen LogP contribution < -0.4 is 5.32 Å². The first-order valence-electron chi connectivity index (χ1n) is 5.39. The number of rotatable bonds is 5. The second-order valence-electron chi connectivity index (χ2n) is 3.86. The van der Waals surface area contributed by atoms with Crippen LogP contribution >= 0.6 is 23.2 Å². The minimum Gasteiger partial charge on any atom is -0.480 e. The van der Waals surface area contributed by atoms with Gasteiger partial charge in [-0.2, -0.15) is 0 Å². The van der Waals surface area contributed by atoms with Gasteiger partial charge in [0.05, 0.1) is 10.0 Å². The van der Waals surface area contributed by atoms with E-state index in [0.29, 0.717) is 16.5 Å². The van der Waals surface area contributed by atoms with Crippen LogP contribution in [0, 0.1) is 0 Å². The zero-order chi connectivity index (χ0) is 13.0. The number of carboxylic acid groups (broad SMARTS) is 1. The van der Waals surface area contributed by atoms with Crippen molar-refractivity contribution in [3.8, 4) is 0 Å². The van der Waals surface area contributed by atoms with Gasteiger partial charge < -0.3 is 5.11 Å². The number of carbonyl (C=O) groups is 1. The van der Waals surface area contributed by atoms with Gasteiger partial charge in [0.25, 0.3) is 0 Å². The molecular formula is C12H15Cl2NO2. The van der Waals surface area contributed by atoms with Crippen molar-refractivity contribution < 1.29 is 9.90 Å². The molecule has 1 aromatic carbocycles. The van der Waals surface area contributed by atoms with E-state index >= 15 is 0 Å². The molecule has 0 spiro atoms. The normalized spacial score (nSPS) is 14.4. The van der Waals surface area contributed by atoms with Crippen molar-refractivity contribution in [1.29, 1.82) is 0 Å². The Morgan fingerprint density at radius 1 is 1.41 bits per heavy atom. The largest absolute Gasteiger partial charge is 0.480 e. The van der Waals surface area contributed by atoms with Crippen LogP contribution in [0.3, 0.4) is 0 Å². The van der Waals surface area contributed by atoms with Crippen molar-refractivity contribution in [2.45, 2.75) is 32.4 Å². The topological polar surface area (TPSA) is 49.3 Å². The number of halogens is 2. The summed E-state index contributed by atoms with van der Waals surface area (Å²) in [5, 5.41) is 13.0. The van der Waals surface area contributed by atoms with Gasteiger partial charge in [-0.1, -0.05) is 36.2 Å². The van der Waals surface area contributed by atoms with E-state index in [4.69, 9.17) is 28.3 Å². The first kappa shape index (κ1) is 14.3. The zero-order valence-electron chi connectivity index (χ0n) is 9.71. The Morgan fingerprint density at radius 2 is 2.06 bits per heavy atom. The molecular weight excluding hydrogens is 261 g/mol. The summed E-state index contributed by atoms with van der Waals surface area (Å²) < 4.78 is 0. The minimum atomic E-state index is -0.848. The number of nitrogens with one attached hydrogen (secondary N) is 1. The van der Waals surface area contributed by atoms with Crippen molar-refractivity contribution in [2.24, 2.45) is 0 Å². The highest BCUT2D eigenvalue weighted by Crippen LogP contribution is 2.25. The molecule has 0 amide bonds. The molecule has 0 aliphatic rings. The van der Waals surface area contributed by atoms with Gasteiger partial charge in [-0.15, -0.1) is 0 Å². The molecule has 1 rings (SSSR count). The standard InChI is InChI=1S/C12H15Cl2NO2/c1-3-11(12(16)17)15-7(2)8-4-5-9(13)10(14)6-8/h4-7,11,15H,3H2,1-2H3,(H,16,17). The van der Waals surface area contributed by atoms with Crippen LogP contribution in [-0.4, -0.2) is 17.1 Å². The Hall–Kier alpha value is -0.770. The monoisotopic (exact) mass is 275 g/mol. The molecule has 0 saturated carbocycles. The summed E-state index contributed by atoms with van der Waals surface area (Å²) in [5.74, 6) is -0.848. The number of hydrogen-bond acceptors (Lipinski definition) is 2. The lowest BCUT2D eigenvalue weighted by atomic mass is 10.1. The summed E-state index contributed by atoms with van der Waals surface area (Å²) >= 11 is 11.7. The van der Waals surface area contributed by atoms with Gasteiger partial charge in [0.2, 0.25) is 0 Å².